The van der Waals surface area contributed by atoms with Gasteiger partial charge >= 0.3 is 0 Å². The summed E-state index contributed by atoms with van der Waals surface area (Å²) in [6.07, 6.45) is 0. The minimum Gasteiger partial charge on any atom is -0.355 e. The molecule has 0 fully saturated rings. The quantitative estimate of drug-likeness (QED) is 0.374. The number of anilines is 2. The van der Waals surface area contributed by atoms with Crippen LogP contribution in [0.25, 0.3) is 22.3 Å². The third-order valence-electron chi connectivity index (χ3n) is 6.62. The van der Waals surface area contributed by atoms with Crippen molar-refractivity contribution in [1.82, 2.24) is 0 Å². The van der Waals surface area contributed by atoms with E-state index in [0.29, 0.717) is 0 Å². The maximum Gasteiger partial charge on any atom is 0.0420 e. The van der Waals surface area contributed by atoms with Crippen LogP contribution in [0.2, 0.25) is 0 Å². The first-order valence-corrected chi connectivity index (χ1v) is 10.6. The van der Waals surface area contributed by atoms with Gasteiger partial charge in [0, 0.05) is 16.8 Å². The van der Waals surface area contributed by atoms with Gasteiger partial charge in [-0.3, -0.25) is 0 Å². The fourth-order valence-electron chi connectivity index (χ4n) is 4.82. The second kappa shape index (κ2) is 6.88. The maximum absolute atomic E-state index is 3.74. The van der Waals surface area contributed by atoms with Crippen molar-refractivity contribution in [2.24, 2.45) is 0 Å². The lowest BCUT2D eigenvalue weighted by Crippen LogP contribution is -2.15. The van der Waals surface area contributed by atoms with E-state index in [9.17, 15) is 0 Å². The zero-order chi connectivity index (χ0) is 20.9. The SMILES string of the molecule is Cc1ccc(-c2ccccc2)cc1Nc1ccc2c(c1C)-c1ccccc1C2(C)C. The predicted molar refractivity (Wildman–Crippen MR) is 129 cm³/mol. The Morgan fingerprint density at radius 1 is 0.633 bits per heavy atom. The van der Waals surface area contributed by atoms with Gasteiger partial charge in [-0.1, -0.05) is 86.6 Å². The topological polar surface area (TPSA) is 12.0 Å². The Hall–Kier alpha value is -3.32. The first-order valence-electron chi connectivity index (χ1n) is 10.6. The van der Waals surface area contributed by atoms with Crippen molar-refractivity contribution in [2.45, 2.75) is 33.1 Å². The summed E-state index contributed by atoms with van der Waals surface area (Å²) in [5, 5.41) is 3.74. The van der Waals surface area contributed by atoms with Gasteiger partial charge in [-0.2, -0.15) is 0 Å². The molecule has 1 aliphatic rings. The molecule has 4 aromatic carbocycles. The second-order valence-corrected chi connectivity index (χ2v) is 8.85. The van der Waals surface area contributed by atoms with Gasteiger partial charge < -0.3 is 5.32 Å². The summed E-state index contributed by atoms with van der Waals surface area (Å²) >= 11 is 0. The van der Waals surface area contributed by atoms with Crippen molar-refractivity contribution >= 4 is 11.4 Å². The molecule has 0 aromatic heterocycles. The molecule has 1 aliphatic carbocycles. The molecule has 1 N–H and O–H groups in total. The highest BCUT2D eigenvalue weighted by molar-refractivity contribution is 5.87. The number of hydrogen-bond donors (Lipinski definition) is 1. The summed E-state index contributed by atoms with van der Waals surface area (Å²) in [4.78, 5) is 0. The minimum atomic E-state index is 0.0400. The van der Waals surface area contributed by atoms with E-state index in [2.05, 4.69) is 118 Å². The molecule has 148 valence electrons. The number of rotatable bonds is 3. The van der Waals surface area contributed by atoms with Crippen molar-refractivity contribution in [2.75, 3.05) is 5.32 Å². The molecule has 0 radical (unpaired) electrons. The van der Waals surface area contributed by atoms with Gasteiger partial charge in [0.05, 0.1) is 0 Å². The first-order chi connectivity index (χ1) is 14.5. The van der Waals surface area contributed by atoms with E-state index in [1.807, 2.05) is 0 Å². The number of benzene rings is 4. The molecule has 4 aromatic rings. The average Bonchev–Trinajstić information content (AvgIpc) is 3.00. The summed E-state index contributed by atoms with van der Waals surface area (Å²) in [7, 11) is 0. The summed E-state index contributed by atoms with van der Waals surface area (Å²) in [6, 6.07) is 30.6. The van der Waals surface area contributed by atoms with Crippen molar-refractivity contribution in [1.29, 1.82) is 0 Å². The smallest absolute Gasteiger partial charge is 0.0420 e. The van der Waals surface area contributed by atoms with Gasteiger partial charge in [-0.25, -0.2) is 0 Å². The Morgan fingerprint density at radius 3 is 2.17 bits per heavy atom. The van der Waals surface area contributed by atoms with Crippen LogP contribution in [0.5, 0.6) is 0 Å². The van der Waals surface area contributed by atoms with E-state index in [0.717, 1.165) is 5.69 Å². The molecule has 5 rings (SSSR count). The van der Waals surface area contributed by atoms with Crippen LogP contribution in [-0.4, -0.2) is 0 Å². The average molecular weight is 390 g/mol. The Labute approximate surface area is 179 Å². The lowest BCUT2D eigenvalue weighted by atomic mass is 9.82. The number of aryl methyl sites for hydroxylation is 1. The van der Waals surface area contributed by atoms with Crippen molar-refractivity contribution in [3.63, 3.8) is 0 Å². The molecule has 0 amide bonds. The van der Waals surface area contributed by atoms with Gasteiger partial charge in [-0.15, -0.1) is 0 Å². The van der Waals surface area contributed by atoms with Crippen LogP contribution in [0.4, 0.5) is 11.4 Å². The minimum absolute atomic E-state index is 0.0400. The molecule has 1 heteroatoms. The van der Waals surface area contributed by atoms with Crippen LogP contribution in [0.15, 0.2) is 84.9 Å². The molecule has 0 saturated carbocycles. The number of fused-ring (bicyclic) bond motifs is 3. The lowest BCUT2D eigenvalue weighted by molar-refractivity contribution is 0.660. The normalized spacial score (nSPS) is 13.6. The summed E-state index contributed by atoms with van der Waals surface area (Å²) in [6.45, 7) is 9.07. The Bertz CT molecular complexity index is 1250. The van der Waals surface area contributed by atoms with Gasteiger partial charge in [-0.05, 0) is 70.5 Å². The van der Waals surface area contributed by atoms with E-state index in [1.165, 1.54) is 50.2 Å². The summed E-state index contributed by atoms with van der Waals surface area (Å²) in [5.74, 6) is 0. The van der Waals surface area contributed by atoms with E-state index in [4.69, 9.17) is 0 Å². The van der Waals surface area contributed by atoms with Crippen LogP contribution < -0.4 is 5.32 Å². The molecule has 0 bridgehead atoms. The highest BCUT2D eigenvalue weighted by Crippen LogP contribution is 2.51. The van der Waals surface area contributed by atoms with E-state index in [1.54, 1.807) is 0 Å². The van der Waals surface area contributed by atoms with Gasteiger partial charge in [0.1, 0.15) is 0 Å². The molecular formula is C29H27N. The predicted octanol–water partition coefficient (Wildman–Crippen LogP) is 8.02. The third-order valence-corrected chi connectivity index (χ3v) is 6.62. The highest BCUT2D eigenvalue weighted by Gasteiger charge is 2.36. The van der Waals surface area contributed by atoms with Crippen LogP contribution in [0.3, 0.4) is 0 Å². The van der Waals surface area contributed by atoms with Crippen molar-refractivity contribution in [3.05, 3.63) is 107 Å². The molecule has 0 atom stereocenters. The van der Waals surface area contributed by atoms with E-state index < -0.39 is 0 Å². The molecule has 0 unspecified atom stereocenters. The van der Waals surface area contributed by atoms with E-state index >= 15 is 0 Å². The molecule has 1 nitrogen and oxygen atoms in total. The Balaban J connectivity index is 1.59. The van der Waals surface area contributed by atoms with Crippen LogP contribution in [-0.2, 0) is 5.41 Å². The van der Waals surface area contributed by atoms with Gasteiger partial charge in [0.2, 0.25) is 0 Å². The van der Waals surface area contributed by atoms with E-state index in [-0.39, 0.29) is 5.41 Å². The van der Waals surface area contributed by atoms with Crippen molar-refractivity contribution in [3.8, 4) is 22.3 Å². The van der Waals surface area contributed by atoms with Crippen LogP contribution in [0, 0.1) is 13.8 Å². The monoisotopic (exact) mass is 389 g/mol. The number of nitrogens with one attached hydrogen (secondary N) is 1. The second-order valence-electron chi connectivity index (χ2n) is 8.85. The molecule has 30 heavy (non-hydrogen) atoms. The molecule has 0 spiro atoms. The molecule has 0 heterocycles. The van der Waals surface area contributed by atoms with Crippen LogP contribution in [0.1, 0.15) is 36.1 Å². The van der Waals surface area contributed by atoms with Gasteiger partial charge in [0.15, 0.2) is 0 Å². The number of hydrogen-bond acceptors (Lipinski definition) is 1. The lowest BCUT2D eigenvalue weighted by Gasteiger charge is -2.22. The third kappa shape index (κ3) is 2.85. The molecule has 0 aliphatic heterocycles. The zero-order valence-electron chi connectivity index (χ0n) is 18.1. The Kier molecular flexibility index (Phi) is 4.29. The molecular weight excluding hydrogens is 362 g/mol. The maximum atomic E-state index is 3.74. The standard InChI is InChI=1S/C29H27N/c1-19-14-15-22(21-10-6-5-7-11-21)18-27(19)30-26-17-16-25-28(20(26)2)23-12-8-9-13-24(23)29(25,3)4/h5-18,30H,1-4H3. The van der Waals surface area contributed by atoms with Gasteiger partial charge in [0.25, 0.3) is 0 Å². The largest absolute Gasteiger partial charge is 0.355 e. The van der Waals surface area contributed by atoms with Crippen molar-refractivity contribution < 1.29 is 0 Å². The highest BCUT2D eigenvalue weighted by atomic mass is 14.9. The zero-order valence-corrected chi connectivity index (χ0v) is 18.1. The molecule has 0 saturated heterocycles. The summed E-state index contributed by atoms with van der Waals surface area (Å²) in [5.41, 5.74) is 13.0. The fourth-order valence-corrected chi connectivity index (χ4v) is 4.82. The summed E-state index contributed by atoms with van der Waals surface area (Å²) < 4.78 is 0. The Morgan fingerprint density at radius 2 is 1.37 bits per heavy atom. The first kappa shape index (κ1) is 18.7. The van der Waals surface area contributed by atoms with Crippen LogP contribution >= 0.6 is 0 Å². The fraction of sp³-hybridized carbons (Fsp3) is 0.172.